The number of halogens is 1. The summed E-state index contributed by atoms with van der Waals surface area (Å²) in [5.74, 6) is -0.326. The lowest BCUT2D eigenvalue weighted by atomic mass is 9.95. The van der Waals surface area contributed by atoms with Crippen LogP contribution in [-0.4, -0.2) is 29.8 Å². The number of amides is 2. The van der Waals surface area contributed by atoms with E-state index in [0.29, 0.717) is 32.5 Å². The van der Waals surface area contributed by atoms with Crippen LogP contribution in [0.15, 0.2) is 54.6 Å². The Morgan fingerprint density at radius 2 is 1.74 bits per heavy atom. The fraction of sp³-hybridized carbons (Fsp3) is 0.250. The molecule has 1 saturated heterocycles. The van der Waals surface area contributed by atoms with Gasteiger partial charge in [-0.05, 0) is 42.7 Å². The van der Waals surface area contributed by atoms with Gasteiger partial charge in [-0.15, -0.1) is 22.7 Å². The number of fused-ring (bicyclic) bond motifs is 3. The predicted molar refractivity (Wildman–Crippen MR) is 124 cm³/mol. The third-order valence-electron chi connectivity index (χ3n) is 5.79. The first-order valence-corrected chi connectivity index (χ1v) is 11.9. The highest BCUT2D eigenvalue weighted by Crippen LogP contribution is 2.39. The zero-order valence-corrected chi connectivity index (χ0v) is 18.4. The zero-order valence-electron chi connectivity index (χ0n) is 16.8. The maximum absolute atomic E-state index is 13.0. The first-order chi connectivity index (χ1) is 15.1. The van der Waals surface area contributed by atoms with Gasteiger partial charge in [-0.3, -0.25) is 9.59 Å². The molecule has 2 aromatic carbocycles. The molecule has 0 spiro atoms. The standard InChI is InChI=1S/C24H21FN2O2S2/c25-17-7-5-15(6-8-17)14-26-23(28)16-9-11-27(12-10-16)24(29)21-13-20-22(31-21)18-3-1-2-4-19(18)30-20/h1-8,13,16H,9-12,14H2,(H,26,28). The van der Waals surface area contributed by atoms with Crippen molar-refractivity contribution in [2.75, 3.05) is 13.1 Å². The normalized spacial score (nSPS) is 14.9. The minimum Gasteiger partial charge on any atom is -0.352 e. The molecule has 31 heavy (non-hydrogen) atoms. The molecule has 0 aliphatic carbocycles. The van der Waals surface area contributed by atoms with Gasteiger partial charge in [0.25, 0.3) is 5.91 Å². The van der Waals surface area contributed by atoms with Gasteiger partial charge in [-0.2, -0.15) is 0 Å². The Kier molecular flexibility index (Phi) is 5.46. The summed E-state index contributed by atoms with van der Waals surface area (Å²) in [4.78, 5) is 28.2. The van der Waals surface area contributed by atoms with Crippen LogP contribution >= 0.6 is 22.7 Å². The summed E-state index contributed by atoms with van der Waals surface area (Å²) in [6.07, 6.45) is 1.31. The van der Waals surface area contributed by atoms with Crippen LogP contribution in [0.2, 0.25) is 0 Å². The first-order valence-electron chi connectivity index (χ1n) is 10.3. The number of benzene rings is 2. The van der Waals surface area contributed by atoms with Gasteiger partial charge >= 0.3 is 0 Å². The number of hydrogen-bond acceptors (Lipinski definition) is 4. The lowest BCUT2D eigenvalue weighted by molar-refractivity contribution is -0.126. The fourth-order valence-corrected chi connectivity index (χ4v) is 6.53. The topological polar surface area (TPSA) is 49.4 Å². The monoisotopic (exact) mass is 452 g/mol. The average molecular weight is 453 g/mol. The SMILES string of the molecule is O=C(NCc1ccc(F)cc1)C1CCN(C(=O)c2cc3sc4ccccc4c3s2)CC1. The summed E-state index contributed by atoms with van der Waals surface area (Å²) in [6.45, 7) is 1.55. The number of piperidine rings is 1. The number of carbonyl (C=O) groups is 2. The molecule has 2 amide bonds. The average Bonchev–Trinajstić information content (AvgIpc) is 3.36. The fourth-order valence-electron chi connectivity index (χ4n) is 4.04. The summed E-state index contributed by atoms with van der Waals surface area (Å²) in [5.41, 5.74) is 0.868. The van der Waals surface area contributed by atoms with Crippen LogP contribution in [0.4, 0.5) is 4.39 Å². The molecule has 1 aliphatic heterocycles. The van der Waals surface area contributed by atoms with Crippen LogP contribution in [-0.2, 0) is 11.3 Å². The largest absolute Gasteiger partial charge is 0.352 e. The summed E-state index contributed by atoms with van der Waals surface area (Å²) in [5, 5.41) is 4.14. The highest BCUT2D eigenvalue weighted by atomic mass is 32.1. The van der Waals surface area contributed by atoms with Crippen molar-refractivity contribution in [1.82, 2.24) is 10.2 Å². The summed E-state index contributed by atoms with van der Waals surface area (Å²) in [7, 11) is 0. The molecule has 1 aliphatic rings. The second kappa shape index (κ2) is 8.40. The van der Waals surface area contributed by atoms with Crippen molar-refractivity contribution in [3.63, 3.8) is 0 Å². The van der Waals surface area contributed by atoms with Crippen molar-refractivity contribution >= 4 is 54.0 Å². The molecule has 4 aromatic rings. The second-order valence-electron chi connectivity index (χ2n) is 7.81. The predicted octanol–water partition coefficient (Wildman–Crippen LogP) is 5.42. The first kappa shape index (κ1) is 20.2. The summed E-state index contributed by atoms with van der Waals surface area (Å²) in [6, 6.07) is 16.4. The Hall–Kier alpha value is -2.77. The quantitative estimate of drug-likeness (QED) is 0.449. The molecular formula is C24H21FN2O2S2. The van der Waals surface area contributed by atoms with Crippen molar-refractivity contribution < 1.29 is 14.0 Å². The van der Waals surface area contributed by atoms with Gasteiger partial charge in [0.2, 0.25) is 5.91 Å². The maximum atomic E-state index is 13.0. The Morgan fingerprint density at radius 3 is 2.52 bits per heavy atom. The number of nitrogens with one attached hydrogen (secondary N) is 1. The molecular weight excluding hydrogens is 431 g/mol. The van der Waals surface area contributed by atoms with Crippen LogP contribution in [0.3, 0.4) is 0 Å². The van der Waals surface area contributed by atoms with Crippen LogP contribution in [0.25, 0.3) is 19.5 Å². The minimum absolute atomic E-state index is 0.000434. The summed E-state index contributed by atoms with van der Waals surface area (Å²) >= 11 is 3.28. The lowest BCUT2D eigenvalue weighted by Crippen LogP contribution is -2.42. The van der Waals surface area contributed by atoms with Crippen molar-refractivity contribution in [2.24, 2.45) is 5.92 Å². The highest BCUT2D eigenvalue weighted by molar-refractivity contribution is 7.33. The Labute approximate surface area is 187 Å². The van der Waals surface area contributed by atoms with Crippen molar-refractivity contribution in [1.29, 1.82) is 0 Å². The van der Waals surface area contributed by atoms with E-state index in [1.54, 1.807) is 34.8 Å². The van der Waals surface area contributed by atoms with Gasteiger partial charge in [0.1, 0.15) is 5.82 Å². The molecule has 0 atom stereocenters. The van der Waals surface area contributed by atoms with Crippen LogP contribution in [0.1, 0.15) is 28.1 Å². The van der Waals surface area contributed by atoms with E-state index in [9.17, 15) is 14.0 Å². The molecule has 2 aromatic heterocycles. The Bertz CT molecular complexity index is 1250. The van der Waals surface area contributed by atoms with Gasteiger partial charge in [-0.25, -0.2) is 4.39 Å². The number of thiophene rings is 2. The zero-order chi connectivity index (χ0) is 21.4. The van der Waals surface area contributed by atoms with Crippen molar-refractivity contribution in [2.45, 2.75) is 19.4 Å². The van der Waals surface area contributed by atoms with E-state index >= 15 is 0 Å². The minimum atomic E-state index is -0.286. The van der Waals surface area contributed by atoms with E-state index < -0.39 is 0 Å². The number of nitrogens with zero attached hydrogens (tertiary/aromatic N) is 1. The molecule has 7 heteroatoms. The number of carbonyl (C=O) groups excluding carboxylic acids is 2. The molecule has 5 rings (SSSR count). The van der Waals surface area contributed by atoms with Crippen molar-refractivity contribution in [3.8, 4) is 0 Å². The van der Waals surface area contributed by atoms with Gasteiger partial charge in [-0.1, -0.05) is 30.3 Å². The van der Waals surface area contributed by atoms with Crippen LogP contribution in [0, 0.1) is 11.7 Å². The van der Waals surface area contributed by atoms with E-state index in [1.165, 1.54) is 26.9 Å². The van der Waals surface area contributed by atoms with Gasteiger partial charge in [0, 0.05) is 40.3 Å². The number of likely N-dealkylation sites (tertiary alicyclic amines) is 1. The van der Waals surface area contributed by atoms with Crippen molar-refractivity contribution in [3.05, 3.63) is 70.9 Å². The van der Waals surface area contributed by atoms with E-state index in [4.69, 9.17) is 0 Å². The molecule has 4 nitrogen and oxygen atoms in total. The Morgan fingerprint density at radius 1 is 1.00 bits per heavy atom. The number of hydrogen-bond donors (Lipinski definition) is 1. The third-order valence-corrected chi connectivity index (χ3v) is 8.20. The molecule has 3 heterocycles. The second-order valence-corrected chi connectivity index (χ2v) is 9.95. The third kappa shape index (κ3) is 4.07. The molecule has 1 fully saturated rings. The van der Waals surface area contributed by atoms with E-state index in [2.05, 4.69) is 17.4 Å². The number of rotatable bonds is 4. The van der Waals surface area contributed by atoms with E-state index in [-0.39, 0.29) is 23.5 Å². The molecule has 158 valence electrons. The molecule has 0 unspecified atom stereocenters. The van der Waals surface area contributed by atoms with Gasteiger partial charge < -0.3 is 10.2 Å². The maximum Gasteiger partial charge on any atom is 0.263 e. The van der Waals surface area contributed by atoms with Crippen LogP contribution < -0.4 is 5.32 Å². The van der Waals surface area contributed by atoms with Gasteiger partial charge in [0.15, 0.2) is 0 Å². The molecule has 0 saturated carbocycles. The van der Waals surface area contributed by atoms with E-state index in [0.717, 1.165) is 15.1 Å². The molecule has 0 bridgehead atoms. The van der Waals surface area contributed by atoms with Crippen LogP contribution in [0.5, 0.6) is 0 Å². The molecule has 1 N–H and O–H groups in total. The summed E-state index contributed by atoms with van der Waals surface area (Å²) < 4.78 is 16.6. The molecule has 0 radical (unpaired) electrons. The van der Waals surface area contributed by atoms with E-state index in [1.807, 2.05) is 23.1 Å². The smallest absolute Gasteiger partial charge is 0.263 e. The van der Waals surface area contributed by atoms with Gasteiger partial charge in [0.05, 0.1) is 9.58 Å². The Balaban J connectivity index is 1.19. The lowest BCUT2D eigenvalue weighted by Gasteiger charge is -2.31. The highest BCUT2D eigenvalue weighted by Gasteiger charge is 2.28.